The van der Waals surface area contributed by atoms with E-state index in [0.717, 1.165) is 32.3 Å². The third kappa shape index (κ3) is 3.14. The van der Waals surface area contributed by atoms with Gasteiger partial charge in [0.25, 0.3) is 0 Å². The highest BCUT2D eigenvalue weighted by Crippen LogP contribution is 2.42. The molecule has 2 rings (SSSR count). The van der Waals surface area contributed by atoms with Crippen LogP contribution in [0, 0.1) is 11.8 Å². The summed E-state index contributed by atoms with van der Waals surface area (Å²) in [5.41, 5.74) is 0. The van der Waals surface area contributed by atoms with Crippen LogP contribution < -0.4 is 0 Å². The second kappa shape index (κ2) is 6.69. The van der Waals surface area contributed by atoms with Crippen molar-refractivity contribution in [1.82, 2.24) is 0 Å². The van der Waals surface area contributed by atoms with Crippen LogP contribution in [0.25, 0.3) is 0 Å². The molecule has 0 radical (unpaired) electrons. The lowest BCUT2D eigenvalue weighted by Crippen LogP contribution is -2.37. The van der Waals surface area contributed by atoms with Crippen molar-refractivity contribution in [3.05, 3.63) is 12.2 Å². The van der Waals surface area contributed by atoms with E-state index in [-0.39, 0.29) is 18.3 Å². The Kier molecular flexibility index (Phi) is 5.22. The Bertz CT molecular complexity index is 277. The Morgan fingerprint density at radius 3 is 2.44 bits per heavy atom. The van der Waals surface area contributed by atoms with Crippen LogP contribution in [-0.4, -0.2) is 36.6 Å². The standard InChI is InChI=1S/C15H26O3/c1-3-5-6-13(16)10-18-15-12-8-7-11(9-12)14(15)17-4-2/h7-8,11-16H,3-6,9-10H2,1-2H3. The summed E-state index contributed by atoms with van der Waals surface area (Å²) in [5.74, 6) is 1.01. The minimum absolute atomic E-state index is 0.149. The van der Waals surface area contributed by atoms with Gasteiger partial charge in [0, 0.05) is 18.4 Å². The van der Waals surface area contributed by atoms with Gasteiger partial charge in [0.05, 0.1) is 24.9 Å². The van der Waals surface area contributed by atoms with Crippen LogP contribution >= 0.6 is 0 Å². The normalized spacial score (nSPS) is 35.3. The molecular formula is C15H26O3. The number of fused-ring (bicyclic) bond motifs is 2. The zero-order valence-electron chi connectivity index (χ0n) is 11.5. The van der Waals surface area contributed by atoms with E-state index in [1.807, 2.05) is 6.92 Å². The number of aliphatic hydroxyl groups is 1. The summed E-state index contributed by atoms with van der Waals surface area (Å²) in [6, 6.07) is 0. The molecule has 0 aromatic heterocycles. The van der Waals surface area contributed by atoms with Crippen molar-refractivity contribution in [1.29, 1.82) is 0 Å². The highest BCUT2D eigenvalue weighted by Gasteiger charge is 2.46. The monoisotopic (exact) mass is 254 g/mol. The molecule has 0 amide bonds. The molecule has 1 N–H and O–H groups in total. The number of unbranched alkanes of at least 4 members (excludes halogenated alkanes) is 1. The van der Waals surface area contributed by atoms with E-state index in [9.17, 15) is 5.11 Å². The molecule has 1 saturated carbocycles. The molecule has 1 fully saturated rings. The summed E-state index contributed by atoms with van der Waals surface area (Å²) in [7, 11) is 0. The Hall–Kier alpha value is -0.380. The lowest BCUT2D eigenvalue weighted by Gasteiger charge is -2.28. The Labute approximate surface area is 110 Å². The first-order valence-corrected chi connectivity index (χ1v) is 7.35. The predicted molar refractivity (Wildman–Crippen MR) is 71.4 cm³/mol. The van der Waals surface area contributed by atoms with Gasteiger partial charge in [-0.05, 0) is 19.8 Å². The summed E-state index contributed by atoms with van der Waals surface area (Å²) in [6.45, 7) is 5.35. The molecule has 2 aliphatic rings. The van der Waals surface area contributed by atoms with Crippen molar-refractivity contribution in [2.75, 3.05) is 13.2 Å². The van der Waals surface area contributed by atoms with E-state index in [0.29, 0.717) is 18.4 Å². The van der Waals surface area contributed by atoms with Crippen LogP contribution in [0.2, 0.25) is 0 Å². The Morgan fingerprint density at radius 1 is 1.17 bits per heavy atom. The molecular weight excluding hydrogens is 228 g/mol. The third-order valence-electron chi connectivity index (χ3n) is 4.05. The molecule has 2 bridgehead atoms. The van der Waals surface area contributed by atoms with Crippen LogP contribution in [0.1, 0.15) is 39.5 Å². The summed E-state index contributed by atoms with van der Waals surface area (Å²) < 4.78 is 11.7. The lowest BCUT2D eigenvalue weighted by molar-refractivity contribution is -0.0943. The summed E-state index contributed by atoms with van der Waals surface area (Å²) in [5, 5.41) is 9.84. The highest BCUT2D eigenvalue weighted by molar-refractivity contribution is 5.15. The number of aliphatic hydroxyl groups excluding tert-OH is 1. The minimum atomic E-state index is -0.324. The fraction of sp³-hybridized carbons (Fsp3) is 0.867. The van der Waals surface area contributed by atoms with Crippen LogP contribution in [0.4, 0.5) is 0 Å². The van der Waals surface area contributed by atoms with Crippen LogP contribution in [-0.2, 0) is 9.47 Å². The second-order valence-electron chi connectivity index (χ2n) is 5.46. The molecule has 18 heavy (non-hydrogen) atoms. The van der Waals surface area contributed by atoms with E-state index in [4.69, 9.17) is 9.47 Å². The van der Waals surface area contributed by atoms with Gasteiger partial charge in [-0.1, -0.05) is 31.9 Å². The fourth-order valence-electron chi connectivity index (χ4n) is 3.11. The molecule has 104 valence electrons. The van der Waals surface area contributed by atoms with Crippen molar-refractivity contribution in [2.45, 2.75) is 57.8 Å². The summed E-state index contributed by atoms with van der Waals surface area (Å²) >= 11 is 0. The average Bonchev–Trinajstić information content (AvgIpc) is 2.95. The number of ether oxygens (including phenoxy) is 2. The highest BCUT2D eigenvalue weighted by atomic mass is 16.5. The molecule has 3 nitrogen and oxygen atoms in total. The Morgan fingerprint density at radius 2 is 1.83 bits per heavy atom. The minimum Gasteiger partial charge on any atom is -0.391 e. The van der Waals surface area contributed by atoms with Gasteiger partial charge in [-0.2, -0.15) is 0 Å². The SMILES string of the molecule is CCCCC(O)COC1C2C=CC(C2)C1OCC. The van der Waals surface area contributed by atoms with Crippen LogP contribution in [0.15, 0.2) is 12.2 Å². The molecule has 0 aromatic rings. The van der Waals surface area contributed by atoms with Crippen molar-refractivity contribution in [3.8, 4) is 0 Å². The van der Waals surface area contributed by atoms with Gasteiger partial charge in [-0.25, -0.2) is 0 Å². The number of hydrogen-bond donors (Lipinski definition) is 1. The van der Waals surface area contributed by atoms with E-state index < -0.39 is 0 Å². The second-order valence-corrected chi connectivity index (χ2v) is 5.46. The van der Waals surface area contributed by atoms with E-state index in [1.54, 1.807) is 0 Å². The first-order valence-electron chi connectivity index (χ1n) is 7.35. The molecule has 2 aliphatic carbocycles. The first kappa shape index (κ1) is 14.0. The zero-order chi connectivity index (χ0) is 13.0. The fourth-order valence-corrected chi connectivity index (χ4v) is 3.11. The predicted octanol–water partition coefficient (Wildman–Crippen LogP) is 2.53. The number of hydrogen-bond acceptors (Lipinski definition) is 3. The van der Waals surface area contributed by atoms with Crippen molar-refractivity contribution >= 4 is 0 Å². The molecule has 5 atom stereocenters. The van der Waals surface area contributed by atoms with Crippen LogP contribution in [0.3, 0.4) is 0 Å². The molecule has 0 spiro atoms. The van der Waals surface area contributed by atoms with Crippen molar-refractivity contribution in [2.24, 2.45) is 11.8 Å². The average molecular weight is 254 g/mol. The van der Waals surface area contributed by atoms with Gasteiger partial charge in [0.1, 0.15) is 0 Å². The topological polar surface area (TPSA) is 38.7 Å². The van der Waals surface area contributed by atoms with Gasteiger partial charge >= 0.3 is 0 Å². The van der Waals surface area contributed by atoms with E-state index in [1.165, 1.54) is 0 Å². The summed E-state index contributed by atoms with van der Waals surface area (Å²) in [6.07, 6.45) is 8.72. The maximum absolute atomic E-state index is 9.84. The van der Waals surface area contributed by atoms with Crippen molar-refractivity contribution < 1.29 is 14.6 Å². The quantitative estimate of drug-likeness (QED) is 0.676. The molecule has 0 aromatic carbocycles. The van der Waals surface area contributed by atoms with Gasteiger partial charge < -0.3 is 14.6 Å². The molecule has 0 saturated heterocycles. The van der Waals surface area contributed by atoms with E-state index >= 15 is 0 Å². The maximum atomic E-state index is 9.84. The third-order valence-corrected chi connectivity index (χ3v) is 4.05. The number of rotatable bonds is 8. The molecule has 5 unspecified atom stereocenters. The van der Waals surface area contributed by atoms with Gasteiger partial charge in [0.2, 0.25) is 0 Å². The molecule has 0 aliphatic heterocycles. The van der Waals surface area contributed by atoms with Crippen molar-refractivity contribution in [3.63, 3.8) is 0 Å². The van der Waals surface area contributed by atoms with Gasteiger partial charge in [-0.3, -0.25) is 0 Å². The first-order chi connectivity index (χ1) is 8.76. The zero-order valence-corrected chi connectivity index (χ0v) is 11.5. The van der Waals surface area contributed by atoms with E-state index in [2.05, 4.69) is 19.1 Å². The van der Waals surface area contributed by atoms with Crippen LogP contribution in [0.5, 0.6) is 0 Å². The molecule has 3 heteroatoms. The van der Waals surface area contributed by atoms with Gasteiger partial charge in [0.15, 0.2) is 0 Å². The smallest absolute Gasteiger partial charge is 0.0906 e. The Balaban J connectivity index is 1.79. The maximum Gasteiger partial charge on any atom is 0.0906 e. The van der Waals surface area contributed by atoms with Gasteiger partial charge in [-0.15, -0.1) is 0 Å². The lowest BCUT2D eigenvalue weighted by atomic mass is 10.0. The summed E-state index contributed by atoms with van der Waals surface area (Å²) in [4.78, 5) is 0. The molecule has 0 heterocycles. The largest absolute Gasteiger partial charge is 0.391 e.